The Bertz CT molecular complexity index is 4150. The molecule has 8 heterocycles. The average molecular weight is 1140 g/mol. The Morgan fingerprint density at radius 2 is 0.849 bits per heavy atom. The molecule has 0 amide bonds. The van der Waals surface area contributed by atoms with Crippen molar-refractivity contribution in [3.63, 3.8) is 0 Å². The molecule has 5 N–H and O–H groups in total. The lowest BCUT2D eigenvalue weighted by atomic mass is 10.1. The molecule has 0 bridgehead atoms. The monoisotopic (exact) mass is 1140 g/mol. The number of azo groups is 2. The van der Waals surface area contributed by atoms with Crippen LogP contribution in [0.1, 0.15) is 40.4 Å². The van der Waals surface area contributed by atoms with Crippen molar-refractivity contribution in [3.8, 4) is 23.0 Å². The molecular weight excluding hydrogens is 1090 g/mol. The molecule has 0 aliphatic carbocycles. The standard InChI is InChI=1S/C62H50N20O4/c63-57-70-58(78-76-54-49-23-21-47(83)33-40(49)19-25-52(54)85)74-62(71-57)82(39-46-17-5-11-31-68-46)56(51-18-6-12-32-69-51)86-53-26-20-41-34-48(84)22-24-50(41)55(53)77-79-59-72-60(80(35-42-13-1-7-27-64-42)36-43-14-2-8-28-65-43)75-61(73-59)81(37-44-15-3-9-29-66-44)38-45-16-4-10-30-67-45/h1-34,56,83-85H,35-39H2,(H2,63,70,71,74). The molecule has 0 saturated heterocycles. The number of hydrogen-bond acceptors (Lipinski definition) is 24. The fraction of sp³-hybridized carbons (Fsp3) is 0.0968. The van der Waals surface area contributed by atoms with E-state index < -0.39 is 6.23 Å². The summed E-state index contributed by atoms with van der Waals surface area (Å²) < 4.78 is 7.19. The van der Waals surface area contributed by atoms with Crippen LogP contribution in [0.4, 0.5) is 47.1 Å². The summed E-state index contributed by atoms with van der Waals surface area (Å²) in [4.78, 5) is 62.4. The summed E-state index contributed by atoms with van der Waals surface area (Å²) in [7, 11) is 0. The van der Waals surface area contributed by atoms with Crippen LogP contribution in [0.5, 0.6) is 23.0 Å². The number of ether oxygens (including phenoxy) is 1. The van der Waals surface area contributed by atoms with Gasteiger partial charge in [-0.1, -0.05) is 48.5 Å². The Kier molecular flexibility index (Phi) is 16.1. The minimum absolute atomic E-state index is 0.0131. The lowest BCUT2D eigenvalue weighted by Crippen LogP contribution is -2.34. The van der Waals surface area contributed by atoms with Crippen LogP contribution in [0.15, 0.2) is 227 Å². The highest BCUT2D eigenvalue weighted by atomic mass is 16.5. The second-order valence-corrected chi connectivity index (χ2v) is 19.3. The van der Waals surface area contributed by atoms with Gasteiger partial charge in [-0.3, -0.25) is 34.8 Å². The molecule has 1 unspecified atom stereocenters. The number of nitrogens with zero attached hydrogens (tertiary/aromatic N) is 19. The van der Waals surface area contributed by atoms with Crippen LogP contribution < -0.4 is 25.2 Å². The maximum Gasteiger partial charge on any atom is 0.275 e. The molecule has 12 aromatic rings. The van der Waals surface area contributed by atoms with Crippen LogP contribution >= 0.6 is 0 Å². The highest BCUT2D eigenvalue weighted by molar-refractivity contribution is 5.97. The SMILES string of the molecule is Nc1nc(N=Nc2c(O)ccc3cc(O)ccc23)nc(N(Cc2ccccn2)C(Oc2ccc3cc(O)ccc3c2N=Nc2nc(N(Cc3ccccn3)Cc3ccccn3)nc(N(Cc3ccccn3)Cc3ccccn3)n2)c2ccccn2)n1. The number of aromatic hydroxyl groups is 3. The van der Waals surface area contributed by atoms with Crippen LogP contribution in [0.3, 0.4) is 0 Å². The molecule has 4 aromatic carbocycles. The number of nitrogens with two attached hydrogens (primary N) is 1. The summed E-state index contributed by atoms with van der Waals surface area (Å²) in [5.41, 5.74) is 10.8. The van der Waals surface area contributed by atoms with E-state index in [1.807, 2.05) is 101 Å². The van der Waals surface area contributed by atoms with Gasteiger partial charge in [0.2, 0.25) is 30.0 Å². The average Bonchev–Trinajstić information content (AvgIpc) is 1.80. The lowest BCUT2D eigenvalue weighted by Gasteiger charge is -2.31. The first kappa shape index (κ1) is 54.5. The summed E-state index contributed by atoms with van der Waals surface area (Å²) in [6.45, 7) is 1.15. The van der Waals surface area contributed by atoms with E-state index in [4.69, 9.17) is 45.6 Å². The molecule has 422 valence electrons. The summed E-state index contributed by atoms with van der Waals surface area (Å²) in [6, 6.07) is 49.7. The maximum atomic E-state index is 10.9. The minimum Gasteiger partial charge on any atom is -0.508 e. The maximum absolute atomic E-state index is 10.9. The van der Waals surface area contributed by atoms with Gasteiger partial charge < -0.3 is 35.6 Å². The third kappa shape index (κ3) is 13.1. The van der Waals surface area contributed by atoms with Gasteiger partial charge in [0.1, 0.15) is 34.3 Å². The molecule has 12 rings (SSSR count). The Morgan fingerprint density at radius 3 is 1.34 bits per heavy atom. The Morgan fingerprint density at radius 1 is 0.407 bits per heavy atom. The van der Waals surface area contributed by atoms with E-state index in [0.717, 1.165) is 22.8 Å². The number of fused-ring (bicyclic) bond motifs is 2. The van der Waals surface area contributed by atoms with Crippen molar-refractivity contribution in [2.45, 2.75) is 39.0 Å². The Labute approximate surface area is 490 Å². The van der Waals surface area contributed by atoms with Crippen molar-refractivity contribution >= 4 is 68.6 Å². The topological polar surface area (TPSA) is 310 Å². The lowest BCUT2D eigenvalue weighted by molar-refractivity contribution is 0.191. The fourth-order valence-electron chi connectivity index (χ4n) is 9.27. The van der Waals surface area contributed by atoms with Crippen LogP contribution in [-0.2, 0) is 32.7 Å². The van der Waals surface area contributed by atoms with Gasteiger partial charge in [-0.05, 0) is 132 Å². The molecule has 86 heavy (non-hydrogen) atoms. The number of anilines is 4. The molecule has 8 aromatic heterocycles. The number of rotatable bonds is 21. The number of nitrogen functional groups attached to an aromatic ring is 1. The van der Waals surface area contributed by atoms with E-state index in [1.165, 1.54) is 12.1 Å². The zero-order valence-corrected chi connectivity index (χ0v) is 45.6. The van der Waals surface area contributed by atoms with Gasteiger partial charge in [0.25, 0.3) is 11.9 Å². The summed E-state index contributed by atoms with van der Waals surface area (Å²) >= 11 is 0. The van der Waals surface area contributed by atoms with Gasteiger partial charge in [-0.15, -0.1) is 20.5 Å². The third-order valence-electron chi connectivity index (χ3n) is 13.3. The summed E-state index contributed by atoms with van der Waals surface area (Å²) in [5.74, 6) is 0.0765. The van der Waals surface area contributed by atoms with Gasteiger partial charge in [-0.2, -0.15) is 29.9 Å². The van der Waals surface area contributed by atoms with Crippen molar-refractivity contribution in [3.05, 3.63) is 241 Å². The third-order valence-corrected chi connectivity index (χ3v) is 13.3. The first-order chi connectivity index (χ1) is 42.2. The van der Waals surface area contributed by atoms with E-state index in [1.54, 1.807) is 109 Å². The Hall–Kier alpha value is -12.1. The van der Waals surface area contributed by atoms with E-state index in [2.05, 4.69) is 45.1 Å². The number of benzene rings is 4. The molecule has 0 aliphatic rings. The van der Waals surface area contributed by atoms with Gasteiger partial charge in [-0.25, -0.2) is 0 Å². The van der Waals surface area contributed by atoms with Crippen LogP contribution in [0, 0.1) is 0 Å². The second kappa shape index (κ2) is 25.4. The smallest absolute Gasteiger partial charge is 0.275 e. The molecule has 0 aliphatic heterocycles. The molecule has 0 fully saturated rings. The molecule has 1 atom stereocenters. The van der Waals surface area contributed by atoms with Crippen LogP contribution in [0.2, 0.25) is 0 Å². The van der Waals surface area contributed by atoms with Crippen molar-refractivity contribution in [1.82, 2.24) is 59.8 Å². The van der Waals surface area contributed by atoms with Crippen LogP contribution in [0.25, 0.3) is 21.5 Å². The predicted molar refractivity (Wildman–Crippen MR) is 320 cm³/mol. The van der Waals surface area contributed by atoms with E-state index in [0.29, 0.717) is 32.9 Å². The number of phenolic OH excluding ortho intramolecular Hbond substituents is 3. The normalized spacial score (nSPS) is 11.8. The quantitative estimate of drug-likeness (QED) is 0.0384. The van der Waals surface area contributed by atoms with E-state index >= 15 is 0 Å². The number of phenols is 3. The molecule has 24 heteroatoms. The summed E-state index contributed by atoms with van der Waals surface area (Å²) in [5, 5.41) is 52.7. The highest BCUT2D eigenvalue weighted by Crippen LogP contribution is 2.42. The number of aromatic nitrogens is 12. The van der Waals surface area contributed by atoms with Crippen molar-refractivity contribution in [2.75, 3.05) is 20.4 Å². The molecule has 0 spiro atoms. The van der Waals surface area contributed by atoms with Gasteiger partial charge in [0.15, 0.2) is 5.75 Å². The first-order valence-electron chi connectivity index (χ1n) is 26.9. The number of hydrogen-bond donors (Lipinski definition) is 4. The highest BCUT2D eigenvalue weighted by Gasteiger charge is 2.30. The van der Waals surface area contributed by atoms with Gasteiger partial charge >= 0.3 is 0 Å². The molecular formula is C62H50N20O4. The zero-order chi connectivity index (χ0) is 58.6. The van der Waals surface area contributed by atoms with Crippen molar-refractivity contribution in [2.24, 2.45) is 20.5 Å². The van der Waals surface area contributed by atoms with Crippen molar-refractivity contribution in [1.29, 1.82) is 0 Å². The first-order valence-corrected chi connectivity index (χ1v) is 26.9. The van der Waals surface area contributed by atoms with Gasteiger partial charge in [0, 0.05) is 48.0 Å². The van der Waals surface area contributed by atoms with Crippen molar-refractivity contribution < 1.29 is 20.1 Å². The molecule has 0 saturated carbocycles. The predicted octanol–water partition coefficient (Wildman–Crippen LogP) is 11.5. The second-order valence-electron chi connectivity index (χ2n) is 19.3. The zero-order valence-electron chi connectivity index (χ0n) is 45.6. The van der Waals surface area contributed by atoms with E-state index in [9.17, 15) is 15.3 Å². The van der Waals surface area contributed by atoms with E-state index in [-0.39, 0.29) is 103 Å². The summed E-state index contributed by atoms with van der Waals surface area (Å²) in [6.07, 6.45) is 9.01. The number of pyridine rings is 6. The fourth-order valence-corrected chi connectivity index (χ4v) is 9.27. The molecule has 0 radical (unpaired) electrons. The largest absolute Gasteiger partial charge is 0.508 e. The minimum atomic E-state index is -1.18. The van der Waals surface area contributed by atoms with Crippen LogP contribution in [-0.4, -0.2) is 75.1 Å². The molecule has 24 nitrogen and oxygen atoms in total. The van der Waals surface area contributed by atoms with Gasteiger partial charge in [0.05, 0.1) is 61.2 Å². The Balaban J connectivity index is 0.992.